The second-order valence-corrected chi connectivity index (χ2v) is 6.29. The molecule has 1 aliphatic rings. The molecule has 1 fully saturated rings. The predicted octanol–water partition coefficient (Wildman–Crippen LogP) is 2.48. The standard InChI is InChI=1S/C11H18N2OS2/c1-2-7-15-11-12-8-10(16-11)9-13-3-5-14-6-4-13/h8H,2-7,9H2,1H3. The third kappa shape index (κ3) is 3.73. The maximum absolute atomic E-state index is 5.34. The average molecular weight is 258 g/mol. The van der Waals surface area contributed by atoms with Crippen molar-refractivity contribution in [3.05, 3.63) is 11.1 Å². The Kier molecular flexibility index (Phi) is 5.09. The average Bonchev–Trinajstić information content (AvgIpc) is 2.75. The van der Waals surface area contributed by atoms with Gasteiger partial charge in [-0.05, 0) is 6.42 Å². The van der Waals surface area contributed by atoms with E-state index in [0.29, 0.717) is 0 Å². The Hall–Kier alpha value is -0.100. The number of aromatic nitrogens is 1. The Morgan fingerprint density at radius 2 is 2.31 bits per heavy atom. The molecule has 3 nitrogen and oxygen atoms in total. The lowest BCUT2D eigenvalue weighted by molar-refractivity contribution is 0.0346. The minimum Gasteiger partial charge on any atom is -0.379 e. The van der Waals surface area contributed by atoms with Gasteiger partial charge in [0.1, 0.15) is 4.34 Å². The van der Waals surface area contributed by atoms with Crippen molar-refractivity contribution in [2.24, 2.45) is 0 Å². The summed E-state index contributed by atoms with van der Waals surface area (Å²) in [7, 11) is 0. The number of hydrogen-bond acceptors (Lipinski definition) is 5. The second kappa shape index (κ2) is 6.59. The van der Waals surface area contributed by atoms with Crippen molar-refractivity contribution in [2.45, 2.75) is 24.2 Å². The summed E-state index contributed by atoms with van der Waals surface area (Å²) in [6.07, 6.45) is 3.24. The highest BCUT2D eigenvalue weighted by Gasteiger charge is 2.12. The monoisotopic (exact) mass is 258 g/mol. The lowest BCUT2D eigenvalue weighted by atomic mass is 10.4. The highest BCUT2D eigenvalue weighted by atomic mass is 32.2. The van der Waals surface area contributed by atoms with E-state index in [0.717, 1.165) is 32.8 Å². The summed E-state index contributed by atoms with van der Waals surface area (Å²) in [5, 5.41) is 0. The molecule has 5 heteroatoms. The van der Waals surface area contributed by atoms with Crippen LogP contribution in [-0.4, -0.2) is 41.9 Å². The first-order valence-electron chi connectivity index (χ1n) is 5.76. The molecule has 2 heterocycles. The van der Waals surface area contributed by atoms with E-state index >= 15 is 0 Å². The molecule has 2 rings (SSSR count). The van der Waals surface area contributed by atoms with Crippen LogP contribution >= 0.6 is 23.1 Å². The minimum atomic E-state index is 0.871. The van der Waals surface area contributed by atoms with Crippen LogP contribution in [0.3, 0.4) is 0 Å². The van der Waals surface area contributed by atoms with Gasteiger partial charge in [0, 0.05) is 36.5 Å². The normalized spacial score (nSPS) is 17.8. The molecule has 0 unspecified atom stereocenters. The smallest absolute Gasteiger partial charge is 0.150 e. The first-order chi connectivity index (χ1) is 7.88. The molecule has 0 saturated carbocycles. The summed E-state index contributed by atoms with van der Waals surface area (Å²) < 4.78 is 6.55. The van der Waals surface area contributed by atoms with Crippen molar-refractivity contribution in [1.29, 1.82) is 0 Å². The fourth-order valence-electron chi connectivity index (χ4n) is 1.60. The van der Waals surface area contributed by atoms with Gasteiger partial charge in [0.2, 0.25) is 0 Å². The molecule has 1 saturated heterocycles. The molecule has 16 heavy (non-hydrogen) atoms. The van der Waals surface area contributed by atoms with Crippen LogP contribution in [0.1, 0.15) is 18.2 Å². The number of thiazole rings is 1. The van der Waals surface area contributed by atoms with E-state index in [1.165, 1.54) is 21.4 Å². The van der Waals surface area contributed by atoms with Gasteiger partial charge in [0.15, 0.2) is 0 Å². The van der Waals surface area contributed by atoms with Gasteiger partial charge in [-0.3, -0.25) is 4.90 Å². The molecule has 0 spiro atoms. The summed E-state index contributed by atoms with van der Waals surface area (Å²) in [6.45, 7) is 7.08. The second-order valence-electron chi connectivity index (χ2n) is 3.83. The molecule has 0 aromatic carbocycles. The van der Waals surface area contributed by atoms with E-state index in [-0.39, 0.29) is 0 Å². The molecule has 0 N–H and O–H groups in total. The Balaban J connectivity index is 1.81. The summed E-state index contributed by atoms with van der Waals surface area (Å²) in [6, 6.07) is 0. The number of ether oxygens (including phenoxy) is 1. The van der Waals surface area contributed by atoms with E-state index in [4.69, 9.17) is 4.74 Å². The van der Waals surface area contributed by atoms with Gasteiger partial charge in [-0.1, -0.05) is 18.7 Å². The molecule has 1 aliphatic heterocycles. The fourth-order valence-corrected chi connectivity index (χ4v) is 3.59. The van der Waals surface area contributed by atoms with Crippen LogP contribution in [0.4, 0.5) is 0 Å². The zero-order valence-corrected chi connectivity index (χ0v) is 11.3. The van der Waals surface area contributed by atoms with Crippen LogP contribution in [-0.2, 0) is 11.3 Å². The number of hydrogen-bond donors (Lipinski definition) is 0. The van der Waals surface area contributed by atoms with Crippen molar-refractivity contribution in [2.75, 3.05) is 32.1 Å². The Morgan fingerprint density at radius 1 is 1.50 bits per heavy atom. The summed E-state index contributed by atoms with van der Waals surface area (Å²) in [4.78, 5) is 8.25. The van der Waals surface area contributed by atoms with Crippen molar-refractivity contribution >= 4 is 23.1 Å². The number of thioether (sulfide) groups is 1. The van der Waals surface area contributed by atoms with Gasteiger partial charge in [-0.25, -0.2) is 4.98 Å². The lowest BCUT2D eigenvalue weighted by Crippen LogP contribution is -2.35. The molecule has 0 atom stereocenters. The van der Waals surface area contributed by atoms with E-state index in [2.05, 4.69) is 16.8 Å². The third-order valence-electron chi connectivity index (χ3n) is 2.45. The number of rotatable bonds is 5. The van der Waals surface area contributed by atoms with Gasteiger partial charge < -0.3 is 4.74 Å². The molecular weight excluding hydrogens is 240 g/mol. The SMILES string of the molecule is CCCSc1ncc(CN2CCOCC2)s1. The zero-order valence-electron chi connectivity index (χ0n) is 9.65. The zero-order chi connectivity index (χ0) is 11.2. The summed E-state index contributed by atoms with van der Waals surface area (Å²) >= 11 is 3.70. The van der Waals surface area contributed by atoms with Gasteiger partial charge in [-0.15, -0.1) is 11.3 Å². The van der Waals surface area contributed by atoms with Gasteiger partial charge in [-0.2, -0.15) is 0 Å². The first kappa shape index (κ1) is 12.4. The topological polar surface area (TPSA) is 25.4 Å². The maximum Gasteiger partial charge on any atom is 0.150 e. The molecule has 0 radical (unpaired) electrons. The van der Waals surface area contributed by atoms with Crippen LogP contribution in [0.15, 0.2) is 10.5 Å². The quantitative estimate of drug-likeness (QED) is 0.758. The van der Waals surface area contributed by atoms with Gasteiger partial charge in [0.25, 0.3) is 0 Å². The summed E-state index contributed by atoms with van der Waals surface area (Å²) in [5.74, 6) is 1.17. The van der Waals surface area contributed by atoms with Crippen molar-refractivity contribution in [1.82, 2.24) is 9.88 Å². The van der Waals surface area contributed by atoms with E-state index in [1.807, 2.05) is 29.3 Å². The predicted molar refractivity (Wildman–Crippen MR) is 69.2 cm³/mol. The molecule has 1 aromatic rings. The van der Waals surface area contributed by atoms with Crippen LogP contribution < -0.4 is 0 Å². The van der Waals surface area contributed by atoms with E-state index in [9.17, 15) is 0 Å². The molecular formula is C11H18N2OS2. The third-order valence-corrected chi connectivity index (χ3v) is 4.79. The van der Waals surface area contributed by atoms with E-state index in [1.54, 1.807) is 0 Å². The van der Waals surface area contributed by atoms with Crippen LogP contribution in [0.2, 0.25) is 0 Å². The molecule has 1 aromatic heterocycles. The van der Waals surface area contributed by atoms with Crippen molar-refractivity contribution < 1.29 is 4.74 Å². The number of nitrogens with zero attached hydrogens (tertiary/aromatic N) is 2. The van der Waals surface area contributed by atoms with Crippen LogP contribution in [0, 0.1) is 0 Å². The maximum atomic E-state index is 5.34. The summed E-state index contributed by atoms with van der Waals surface area (Å²) in [5.41, 5.74) is 0. The molecule has 90 valence electrons. The molecule has 0 amide bonds. The van der Waals surface area contributed by atoms with E-state index < -0.39 is 0 Å². The van der Waals surface area contributed by atoms with Gasteiger partial charge in [0.05, 0.1) is 13.2 Å². The minimum absolute atomic E-state index is 0.871. The largest absolute Gasteiger partial charge is 0.379 e. The highest BCUT2D eigenvalue weighted by Crippen LogP contribution is 2.25. The van der Waals surface area contributed by atoms with Crippen LogP contribution in [0.25, 0.3) is 0 Å². The Morgan fingerprint density at radius 3 is 3.06 bits per heavy atom. The Bertz CT molecular complexity index is 311. The lowest BCUT2D eigenvalue weighted by Gasteiger charge is -2.25. The van der Waals surface area contributed by atoms with Crippen LogP contribution in [0.5, 0.6) is 0 Å². The molecule has 0 aliphatic carbocycles. The fraction of sp³-hybridized carbons (Fsp3) is 0.727. The van der Waals surface area contributed by atoms with Gasteiger partial charge >= 0.3 is 0 Å². The van der Waals surface area contributed by atoms with Crippen molar-refractivity contribution in [3.63, 3.8) is 0 Å². The molecule has 0 bridgehead atoms. The first-order valence-corrected chi connectivity index (χ1v) is 7.56. The highest BCUT2D eigenvalue weighted by molar-refractivity contribution is 8.01. The Labute approximate surface area is 105 Å². The van der Waals surface area contributed by atoms with Crippen molar-refractivity contribution in [3.8, 4) is 0 Å². The number of morpholine rings is 1.